The van der Waals surface area contributed by atoms with Crippen molar-refractivity contribution < 1.29 is 19.8 Å². The first-order valence-corrected chi connectivity index (χ1v) is 16.1. The summed E-state index contributed by atoms with van der Waals surface area (Å²) >= 11 is 0. The van der Waals surface area contributed by atoms with Gasteiger partial charge >= 0.3 is 0 Å². The van der Waals surface area contributed by atoms with E-state index in [0.717, 1.165) is 16.7 Å². The number of carbonyl (C=O) groups excluding carboxylic acids is 2. The van der Waals surface area contributed by atoms with Crippen molar-refractivity contribution in [2.45, 2.75) is 44.5 Å². The Balaban J connectivity index is 1.20. The van der Waals surface area contributed by atoms with Crippen LogP contribution in [0.15, 0.2) is 120 Å². The summed E-state index contributed by atoms with van der Waals surface area (Å²) in [6.07, 6.45) is 5.63. The third-order valence-electron chi connectivity index (χ3n) is 9.64. The van der Waals surface area contributed by atoms with Gasteiger partial charge in [-0.05, 0) is 47.4 Å². The molecule has 0 radical (unpaired) electrons. The first kappa shape index (κ1) is 31.2. The first-order valence-electron chi connectivity index (χ1n) is 16.1. The lowest BCUT2D eigenvalue weighted by atomic mass is 9.82. The Labute approximate surface area is 278 Å². The minimum Gasteiger partial charge on any atom is -0.394 e. The Morgan fingerprint density at radius 3 is 2.50 bits per heavy atom. The molecule has 5 aromatic rings. The Morgan fingerprint density at radius 1 is 0.979 bits per heavy atom. The van der Waals surface area contributed by atoms with Gasteiger partial charge in [-0.1, -0.05) is 91.9 Å². The van der Waals surface area contributed by atoms with E-state index in [9.17, 15) is 24.6 Å². The van der Waals surface area contributed by atoms with Crippen LogP contribution in [-0.2, 0) is 34.7 Å². The van der Waals surface area contributed by atoms with E-state index in [1.54, 1.807) is 65.4 Å². The molecule has 4 aromatic carbocycles. The number of anilines is 1. The zero-order valence-electron chi connectivity index (χ0n) is 26.6. The van der Waals surface area contributed by atoms with Gasteiger partial charge in [0.1, 0.15) is 0 Å². The normalized spacial score (nSPS) is 19.5. The van der Waals surface area contributed by atoms with Crippen molar-refractivity contribution in [3.63, 3.8) is 0 Å². The fraction of sp³-hybridized carbons (Fsp3) is 0.231. The molecule has 242 valence electrons. The minimum absolute atomic E-state index is 0.0459. The van der Waals surface area contributed by atoms with Gasteiger partial charge in [0.05, 0.1) is 42.2 Å². The zero-order chi connectivity index (χ0) is 33.4. The van der Waals surface area contributed by atoms with Gasteiger partial charge in [-0.2, -0.15) is 9.78 Å². The molecule has 2 aliphatic rings. The summed E-state index contributed by atoms with van der Waals surface area (Å²) < 4.78 is 1.28. The number of aromatic nitrogens is 2. The van der Waals surface area contributed by atoms with Crippen LogP contribution in [0.2, 0.25) is 0 Å². The molecule has 0 bridgehead atoms. The molecule has 0 unspecified atom stereocenters. The second-order valence-electron chi connectivity index (χ2n) is 12.5. The van der Waals surface area contributed by atoms with Crippen LogP contribution in [0.4, 0.5) is 5.69 Å². The quantitative estimate of drug-likeness (QED) is 0.239. The lowest BCUT2D eigenvalue weighted by molar-refractivity contribution is -0.139. The second-order valence-corrected chi connectivity index (χ2v) is 12.5. The van der Waals surface area contributed by atoms with Gasteiger partial charge in [0.25, 0.3) is 11.5 Å². The van der Waals surface area contributed by atoms with E-state index in [-0.39, 0.29) is 37.1 Å². The van der Waals surface area contributed by atoms with Crippen molar-refractivity contribution in [2.75, 3.05) is 11.5 Å². The van der Waals surface area contributed by atoms with Crippen LogP contribution in [0.3, 0.4) is 0 Å². The number of aliphatic hydroxyl groups excluding tert-OH is 1. The van der Waals surface area contributed by atoms with E-state index in [1.165, 1.54) is 4.68 Å². The highest BCUT2D eigenvalue weighted by Gasteiger charge is 2.52. The van der Waals surface area contributed by atoms with Crippen molar-refractivity contribution in [3.05, 3.63) is 148 Å². The van der Waals surface area contributed by atoms with E-state index >= 15 is 0 Å². The van der Waals surface area contributed by atoms with Crippen molar-refractivity contribution in [1.29, 1.82) is 0 Å². The highest BCUT2D eigenvalue weighted by molar-refractivity contribution is 6.07. The molecule has 0 aliphatic carbocycles. The third-order valence-corrected chi connectivity index (χ3v) is 9.64. The summed E-state index contributed by atoms with van der Waals surface area (Å²) in [6.45, 7) is 2.27. The molecule has 0 saturated heterocycles. The molecule has 2 amide bonds. The molecule has 48 heavy (non-hydrogen) atoms. The molecule has 9 heteroatoms. The van der Waals surface area contributed by atoms with E-state index in [0.29, 0.717) is 40.7 Å². The summed E-state index contributed by atoms with van der Waals surface area (Å²) in [5.41, 5.74) is 2.12. The van der Waals surface area contributed by atoms with Gasteiger partial charge in [-0.25, -0.2) is 0 Å². The molecule has 9 nitrogen and oxygen atoms in total. The Kier molecular flexibility index (Phi) is 8.24. The summed E-state index contributed by atoms with van der Waals surface area (Å²) in [5, 5.41) is 28.0. The maximum Gasteiger partial charge on any atom is 0.279 e. The van der Waals surface area contributed by atoms with Crippen molar-refractivity contribution >= 4 is 28.3 Å². The van der Waals surface area contributed by atoms with Gasteiger partial charge in [-0.15, -0.1) is 0 Å². The second kappa shape index (κ2) is 12.7. The lowest BCUT2D eigenvalue weighted by Gasteiger charge is -2.36. The van der Waals surface area contributed by atoms with Crippen molar-refractivity contribution in [2.24, 2.45) is 5.92 Å². The zero-order valence-corrected chi connectivity index (χ0v) is 26.6. The molecule has 2 aliphatic heterocycles. The first-order chi connectivity index (χ1) is 23.3. The summed E-state index contributed by atoms with van der Waals surface area (Å²) in [6, 6.07) is 29.5. The minimum atomic E-state index is -1.97. The van der Waals surface area contributed by atoms with E-state index in [4.69, 9.17) is 0 Å². The van der Waals surface area contributed by atoms with Crippen LogP contribution < -0.4 is 10.5 Å². The number of nitrogens with zero attached hydrogens (tertiary/aromatic N) is 4. The average molecular weight is 641 g/mol. The largest absolute Gasteiger partial charge is 0.394 e. The number of amides is 2. The molecule has 2 N–H and O–H groups in total. The summed E-state index contributed by atoms with van der Waals surface area (Å²) in [4.78, 5) is 44.3. The standard InChI is InChI=1S/C39H36N4O5/c1-26(10-9-17-36(45)41-24-30-15-6-5-13-28(30)20-32(41)25-44)39(48)34-21-31(43-37(46)33-16-8-7-14-29(33)22-40-43)18-19-35(34)42(38(39)47)23-27-11-3-2-4-12-27/h2-16,18-19,21-22,26,32,44,48H,17,20,23-25H2,1H3/b10-9+/t26-,32+,39+/m1/s1. The molecule has 0 spiro atoms. The number of aliphatic hydroxyl groups is 2. The molecular weight excluding hydrogens is 604 g/mol. The van der Waals surface area contributed by atoms with Gasteiger partial charge in [0.2, 0.25) is 5.91 Å². The Morgan fingerprint density at radius 2 is 1.71 bits per heavy atom. The van der Waals surface area contributed by atoms with Crippen LogP contribution in [0, 0.1) is 5.92 Å². The monoisotopic (exact) mass is 640 g/mol. The summed E-state index contributed by atoms with van der Waals surface area (Å²) in [5.74, 6) is -1.37. The molecule has 3 atom stereocenters. The lowest BCUT2D eigenvalue weighted by Crippen LogP contribution is -2.46. The molecule has 7 rings (SSSR count). The van der Waals surface area contributed by atoms with Gasteiger partial charge < -0.3 is 20.0 Å². The number of rotatable bonds is 8. The van der Waals surface area contributed by atoms with Crippen LogP contribution in [0.5, 0.6) is 0 Å². The van der Waals surface area contributed by atoms with Gasteiger partial charge in [-0.3, -0.25) is 14.4 Å². The van der Waals surface area contributed by atoms with Crippen LogP contribution >= 0.6 is 0 Å². The highest BCUT2D eigenvalue weighted by atomic mass is 16.3. The van der Waals surface area contributed by atoms with Gasteiger partial charge in [0.15, 0.2) is 5.60 Å². The fourth-order valence-corrected chi connectivity index (χ4v) is 6.94. The maximum atomic E-state index is 14.2. The van der Waals surface area contributed by atoms with Crippen molar-refractivity contribution in [1.82, 2.24) is 14.7 Å². The highest BCUT2D eigenvalue weighted by Crippen LogP contribution is 2.46. The fourth-order valence-electron chi connectivity index (χ4n) is 6.94. The smallest absolute Gasteiger partial charge is 0.279 e. The molecular formula is C39H36N4O5. The summed E-state index contributed by atoms with van der Waals surface area (Å²) in [7, 11) is 0. The van der Waals surface area contributed by atoms with E-state index in [1.807, 2.05) is 66.7 Å². The van der Waals surface area contributed by atoms with Gasteiger partial charge in [0, 0.05) is 29.8 Å². The van der Waals surface area contributed by atoms with E-state index < -0.39 is 17.4 Å². The van der Waals surface area contributed by atoms with Crippen LogP contribution in [-0.4, -0.2) is 49.4 Å². The molecule has 3 heterocycles. The van der Waals surface area contributed by atoms with Crippen LogP contribution in [0.25, 0.3) is 16.5 Å². The number of fused-ring (bicyclic) bond motifs is 3. The Bertz CT molecular complexity index is 2110. The SMILES string of the molecule is C[C@H](/C=C/CC(=O)N1Cc2ccccc2C[C@H]1CO)[C@@]1(O)C(=O)N(Cc2ccccc2)c2ccc(-n3ncc4ccccc4c3=O)cc21. The topological polar surface area (TPSA) is 116 Å². The van der Waals surface area contributed by atoms with Crippen molar-refractivity contribution in [3.8, 4) is 5.69 Å². The number of hydrogen-bond donors (Lipinski definition) is 2. The third kappa shape index (κ3) is 5.40. The predicted octanol–water partition coefficient (Wildman–Crippen LogP) is 4.65. The molecule has 1 aromatic heterocycles. The molecule has 0 fully saturated rings. The van der Waals surface area contributed by atoms with E-state index in [2.05, 4.69) is 5.10 Å². The maximum absolute atomic E-state index is 14.2. The predicted molar refractivity (Wildman–Crippen MR) is 183 cm³/mol. The number of benzene rings is 4. The number of hydrogen-bond acceptors (Lipinski definition) is 6. The number of carbonyl (C=O) groups is 2. The van der Waals surface area contributed by atoms with Crippen LogP contribution in [0.1, 0.15) is 35.6 Å². The Hall–Kier alpha value is -5.38. The average Bonchev–Trinajstić information content (AvgIpc) is 3.33. The molecule has 0 saturated carbocycles.